The standard InChI is InChI=1S/C16H26N2O2/c1-4-16(5-2,18-11-6-7-12-18)15(19)14-13(20-3)9-8-10-17-14/h8-10,15,19H,4-7,11-12H2,1-3H3. The van der Waals surface area contributed by atoms with Crippen molar-refractivity contribution in [3.63, 3.8) is 0 Å². The van der Waals surface area contributed by atoms with E-state index in [0.717, 1.165) is 25.9 Å². The van der Waals surface area contributed by atoms with Gasteiger partial charge in [-0.2, -0.15) is 0 Å². The van der Waals surface area contributed by atoms with E-state index in [2.05, 4.69) is 23.7 Å². The van der Waals surface area contributed by atoms with Crippen LogP contribution in [-0.4, -0.2) is 40.7 Å². The molecular weight excluding hydrogens is 252 g/mol. The molecule has 0 amide bonds. The summed E-state index contributed by atoms with van der Waals surface area (Å²) in [5, 5.41) is 11.0. The lowest BCUT2D eigenvalue weighted by atomic mass is 9.82. The highest BCUT2D eigenvalue weighted by Gasteiger charge is 2.43. The summed E-state index contributed by atoms with van der Waals surface area (Å²) in [6.07, 6.45) is 5.35. The number of ether oxygens (including phenoxy) is 1. The maximum atomic E-state index is 11.0. The first-order chi connectivity index (χ1) is 9.69. The van der Waals surface area contributed by atoms with Gasteiger partial charge in [-0.15, -0.1) is 0 Å². The van der Waals surface area contributed by atoms with Crippen molar-refractivity contribution in [2.24, 2.45) is 0 Å². The molecule has 2 rings (SSSR count). The minimum absolute atomic E-state index is 0.238. The van der Waals surface area contributed by atoms with E-state index in [0.29, 0.717) is 11.4 Å². The van der Waals surface area contributed by atoms with E-state index >= 15 is 0 Å². The average molecular weight is 278 g/mol. The second kappa shape index (κ2) is 6.55. The van der Waals surface area contributed by atoms with E-state index in [-0.39, 0.29) is 5.54 Å². The Bertz CT molecular complexity index is 426. The Balaban J connectivity index is 2.37. The number of likely N-dealkylation sites (tertiary alicyclic amines) is 1. The van der Waals surface area contributed by atoms with Gasteiger partial charge in [0.25, 0.3) is 0 Å². The van der Waals surface area contributed by atoms with Gasteiger partial charge in [0, 0.05) is 6.20 Å². The summed E-state index contributed by atoms with van der Waals surface area (Å²) in [7, 11) is 1.63. The van der Waals surface area contributed by atoms with Crippen LogP contribution in [0.4, 0.5) is 0 Å². The lowest BCUT2D eigenvalue weighted by Crippen LogP contribution is -2.51. The molecule has 1 aliphatic rings. The van der Waals surface area contributed by atoms with E-state index in [1.165, 1.54) is 12.8 Å². The largest absolute Gasteiger partial charge is 0.495 e. The highest BCUT2D eigenvalue weighted by atomic mass is 16.5. The fourth-order valence-corrected chi connectivity index (χ4v) is 3.45. The Morgan fingerprint density at radius 3 is 2.55 bits per heavy atom. The van der Waals surface area contributed by atoms with E-state index in [1.807, 2.05) is 12.1 Å². The molecule has 1 aliphatic heterocycles. The number of aliphatic hydroxyl groups excluding tert-OH is 1. The van der Waals surface area contributed by atoms with Crippen LogP contribution in [0.15, 0.2) is 18.3 Å². The van der Waals surface area contributed by atoms with Gasteiger partial charge in [0.15, 0.2) is 0 Å². The van der Waals surface area contributed by atoms with Gasteiger partial charge in [0.05, 0.1) is 12.6 Å². The lowest BCUT2D eigenvalue weighted by Gasteiger charge is -2.44. The summed E-state index contributed by atoms with van der Waals surface area (Å²) in [6.45, 7) is 6.43. The SMILES string of the molecule is CCC(CC)(C(O)c1ncccc1OC)N1CCCC1. The van der Waals surface area contributed by atoms with Crippen LogP contribution in [0, 0.1) is 0 Å². The summed E-state index contributed by atoms with van der Waals surface area (Å²) in [6, 6.07) is 3.70. The molecule has 4 heteroatoms. The van der Waals surface area contributed by atoms with E-state index < -0.39 is 6.10 Å². The Kier molecular flexibility index (Phi) is 5.00. The highest BCUT2D eigenvalue weighted by Crippen LogP contribution is 2.41. The molecule has 1 atom stereocenters. The van der Waals surface area contributed by atoms with Crippen molar-refractivity contribution in [3.8, 4) is 5.75 Å². The molecule has 0 radical (unpaired) electrons. The number of aliphatic hydroxyl groups is 1. The summed E-state index contributed by atoms with van der Waals surface area (Å²) in [5.74, 6) is 0.672. The van der Waals surface area contributed by atoms with E-state index in [9.17, 15) is 5.11 Å². The van der Waals surface area contributed by atoms with Crippen LogP contribution < -0.4 is 4.74 Å². The average Bonchev–Trinajstić information content (AvgIpc) is 3.03. The van der Waals surface area contributed by atoms with Crippen LogP contribution in [0.1, 0.15) is 51.3 Å². The minimum Gasteiger partial charge on any atom is -0.495 e. The Morgan fingerprint density at radius 1 is 1.35 bits per heavy atom. The zero-order valence-corrected chi connectivity index (χ0v) is 12.8. The number of nitrogens with zero attached hydrogens (tertiary/aromatic N) is 2. The molecule has 0 saturated carbocycles. The molecule has 2 heterocycles. The zero-order chi connectivity index (χ0) is 14.6. The first-order valence-electron chi connectivity index (χ1n) is 7.61. The van der Waals surface area contributed by atoms with Gasteiger partial charge in [0.1, 0.15) is 17.5 Å². The van der Waals surface area contributed by atoms with Gasteiger partial charge in [-0.25, -0.2) is 0 Å². The molecule has 112 valence electrons. The number of methoxy groups -OCH3 is 1. The molecule has 0 spiro atoms. The van der Waals surface area contributed by atoms with E-state index in [1.54, 1.807) is 13.3 Å². The molecular formula is C16H26N2O2. The fourth-order valence-electron chi connectivity index (χ4n) is 3.45. The van der Waals surface area contributed by atoms with Gasteiger partial charge < -0.3 is 9.84 Å². The van der Waals surface area contributed by atoms with Crippen molar-refractivity contribution >= 4 is 0 Å². The third-order valence-corrected chi connectivity index (χ3v) is 4.75. The smallest absolute Gasteiger partial charge is 0.143 e. The Labute approximate surface area is 121 Å². The molecule has 0 bridgehead atoms. The summed E-state index contributed by atoms with van der Waals surface area (Å²) < 4.78 is 5.37. The molecule has 1 fully saturated rings. The van der Waals surface area contributed by atoms with Crippen LogP contribution in [-0.2, 0) is 0 Å². The maximum absolute atomic E-state index is 11.0. The predicted octanol–water partition coefficient (Wildman–Crippen LogP) is 2.78. The third-order valence-electron chi connectivity index (χ3n) is 4.75. The highest BCUT2D eigenvalue weighted by molar-refractivity contribution is 5.31. The second-order valence-electron chi connectivity index (χ2n) is 5.50. The third kappa shape index (κ3) is 2.54. The quantitative estimate of drug-likeness (QED) is 0.869. The van der Waals surface area contributed by atoms with Gasteiger partial charge in [-0.05, 0) is 50.9 Å². The molecule has 20 heavy (non-hydrogen) atoms. The first kappa shape index (κ1) is 15.3. The van der Waals surface area contributed by atoms with Crippen LogP contribution in [0.2, 0.25) is 0 Å². The number of pyridine rings is 1. The van der Waals surface area contributed by atoms with Crippen molar-refractivity contribution in [2.45, 2.75) is 51.2 Å². The van der Waals surface area contributed by atoms with Crippen molar-refractivity contribution in [2.75, 3.05) is 20.2 Å². The normalized spacial score (nSPS) is 18.2. The topological polar surface area (TPSA) is 45.6 Å². The molecule has 1 aromatic heterocycles. The van der Waals surface area contributed by atoms with E-state index in [4.69, 9.17) is 4.74 Å². The number of hydrogen-bond donors (Lipinski definition) is 1. The lowest BCUT2D eigenvalue weighted by molar-refractivity contribution is -0.0327. The van der Waals surface area contributed by atoms with Crippen LogP contribution in [0.5, 0.6) is 5.75 Å². The zero-order valence-electron chi connectivity index (χ0n) is 12.8. The second-order valence-corrected chi connectivity index (χ2v) is 5.50. The van der Waals surface area contributed by atoms with Crippen LogP contribution in [0.3, 0.4) is 0 Å². The Morgan fingerprint density at radius 2 is 2.00 bits per heavy atom. The minimum atomic E-state index is -0.619. The number of hydrogen-bond acceptors (Lipinski definition) is 4. The molecule has 0 aromatic carbocycles. The van der Waals surface area contributed by atoms with Crippen molar-refractivity contribution in [3.05, 3.63) is 24.0 Å². The Hall–Kier alpha value is -1.13. The van der Waals surface area contributed by atoms with Crippen molar-refractivity contribution < 1.29 is 9.84 Å². The van der Waals surface area contributed by atoms with Crippen molar-refractivity contribution in [1.29, 1.82) is 0 Å². The summed E-state index contributed by atoms with van der Waals surface area (Å²) in [4.78, 5) is 6.82. The maximum Gasteiger partial charge on any atom is 0.143 e. The van der Waals surface area contributed by atoms with Gasteiger partial charge >= 0.3 is 0 Å². The summed E-state index contributed by atoms with van der Waals surface area (Å²) in [5.41, 5.74) is 0.420. The number of aromatic nitrogens is 1. The van der Waals surface area contributed by atoms with Gasteiger partial charge in [0.2, 0.25) is 0 Å². The molecule has 4 nitrogen and oxygen atoms in total. The molecule has 1 aromatic rings. The van der Waals surface area contributed by atoms with Gasteiger partial charge in [-0.3, -0.25) is 9.88 Å². The number of rotatable bonds is 6. The predicted molar refractivity (Wildman–Crippen MR) is 79.9 cm³/mol. The van der Waals surface area contributed by atoms with Gasteiger partial charge in [-0.1, -0.05) is 13.8 Å². The molecule has 0 aliphatic carbocycles. The molecule has 1 N–H and O–H groups in total. The monoisotopic (exact) mass is 278 g/mol. The van der Waals surface area contributed by atoms with Crippen LogP contribution >= 0.6 is 0 Å². The summed E-state index contributed by atoms with van der Waals surface area (Å²) >= 11 is 0. The van der Waals surface area contributed by atoms with Crippen LogP contribution in [0.25, 0.3) is 0 Å². The molecule has 1 saturated heterocycles. The molecule has 1 unspecified atom stereocenters. The van der Waals surface area contributed by atoms with Crippen molar-refractivity contribution in [1.82, 2.24) is 9.88 Å². The first-order valence-corrected chi connectivity index (χ1v) is 7.61. The fraction of sp³-hybridized carbons (Fsp3) is 0.688.